The molecule has 6 heteroatoms. The van der Waals surface area contributed by atoms with Crippen LogP contribution in [-0.2, 0) is 26.2 Å². The monoisotopic (exact) mass is 399 g/mol. The first-order chi connectivity index (χ1) is 13.7. The number of rotatable bonds is 8. The summed E-state index contributed by atoms with van der Waals surface area (Å²) in [6.45, 7) is 6.06. The summed E-state index contributed by atoms with van der Waals surface area (Å²) in [7, 11) is 3.14. The van der Waals surface area contributed by atoms with Gasteiger partial charge in [-0.25, -0.2) is 0 Å². The number of ether oxygens (including phenoxy) is 3. The largest absolute Gasteiger partial charge is 0.497 e. The minimum Gasteiger partial charge on any atom is -0.497 e. The minimum atomic E-state index is -0.440. The summed E-state index contributed by atoms with van der Waals surface area (Å²) in [5.41, 5.74) is 2.78. The lowest BCUT2D eigenvalue weighted by Gasteiger charge is -2.19. The normalized spacial score (nSPS) is 10.9. The number of methoxy groups -OCH3 is 2. The summed E-state index contributed by atoms with van der Waals surface area (Å²) in [4.78, 5) is 24.0. The van der Waals surface area contributed by atoms with Crippen LogP contribution in [0, 0.1) is 0 Å². The first kappa shape index (κ1) is 22.3. The maximum absolute atomic E-state index is 12.0. The molecule has 1 N–H and O–H groups in total. The molecule has 29 heavy (non-hydrogen) atoms. The molecule has 6 nitrogen and oxygen atoms in total. The zero-order valence-electron chi connectivity index (χ0n) is 17.7. The highest BCUT2D eigenvalue weighted by Crippen LogP contribution is 2.24. The second-order valence-electron chi connectivity index (χ2n) is 7.76. The van der Waals surface area contributed by atoms with Gasteiger partial charge >= 0.3 is 5.97 Å². The summed E-state index contributed by atoms with van der Waals surface area (Å²) < 4.78 is 15.5. The van der Waals surface area contributed by atoms with Gasteiger partial charge in [-0.2, -0.15) is 0 Å². The van der Waals surface area contributed by atoms with E-state index in [0.717, 1.165) is 5.56 Å². The van der Waals surface area contributed by atoms with Gasteiger partial charge in [-0.05, 0) is 47.2 Å². The summed E-state index contributed by atoms with van der Waals surface area (Å²) in [5.74, 6) is 0.504. The van der Waals surface area contributed by atoms with Crippen molar-refractivity contribution in [2.75, 3.05) is 26.1 Å². The van der Waals surface area contributed by atoms with Crippen LogP contribution in [0.3, 0.4) is 0 Å². The molecule has 0 radical (unpaired) electrons. The van der Waals surface area contributed by atoms with Gasteiger partial charge in [-0.15, -0.1) is 0 Å². The van der Waals surface area contributed by atoms with Crippen molar-refractivity contribution in [1.82, 2.24) is 0 Å². The predicted octanol–water partition coefficient (Wildman–Crippen LogP) is 4.12. The predicted molar refractivity (Wildman–Crippen MR) is 113 cm³/mol. The van der Waals surface area contributed by atoms with Crippen LogP contribution in [0.1, 0.15) is 38.3 Å². The smallest absolute Gasteiger partial charge is 0.306 e. The van der Waals surface area contributed by atoms with Crippen molar-refractivity contribution < 1.29 is 23.8 Å². The van der Waals surface area contributed by atoms with Gasteiger partial charge in [0.15, 0.2) is 6.61 Å². The number of carbonyl (C=O) groups excluding carboxylic acids is 2. The van der Waals surface area contributed by atoms with Gasteiger partial charge in [0, 0.05) is 18.2 Å². The number of esters is 1. The van der Waals surface area contributed by atoms with Crippen molar-refractivity contribution in [3.63, 3.8) is 0 Å². The number of nitrogens with one attached hydrogen (secondary N) is 1. The zero-order valence-corrected chi connectivity index (χ0v) is 17.7. The molecule has 0 heterocycles. The Morgan fingerprint density at radius 1 is 0.931 bits per heavy atom. The molecular weight excluding hydrogens is 370 g/mol. The third-order valence-electron chi connectivity index (χ3n) is 4.43. The van der Waals surface area contributed by atoms with E-state index in [-0.39, 0.29) is 24.3 Å². The van der Waals surface area contributed by atoms with Gasteiger partial charge in [-0.1, -0.05) is 32.9 Å². The topological polar surface area (TPSA) is 73.9 Å². The third-order valence-corrected chi connectivity index (χ3v) is 4.43. The van der Waals surface area contributed by atoms with E-state index in [1.54, 1.807) is 20.3 Å². The van der Waals surface area contributed by atoms with Gasteiger partial charge in [0.2, 0.25) is 0 Å². The third kappa shape index (κ3) is 7.14. The second kappa shape index (κ2) is 9.96. The van der Waals surface area contributed by atoms with E-state index in [1.807, 2.05) is 36.4 Å². The molecule has 0 aliphatic carbocycles. The van der Waals surface area contributed by atoms with Crippen LogP contribution in [0.15, 0.2) is 42.5 Å². The van der Waals surface area contributed by atoms with Crippen LogP contribution in [-0.4, -0.2) is 32.7 Å². The van der Waals surface area contributed by atoms with Crippen molar-refractivity contribution in [2.45, 2.75) is 39.0 Å². The Balaban J connectivity index is 1.79. The molecule has 2 rings (SSSR count). The molecule has 156 valence electrons. The second-order valence-corrected chi connectivity index (χ2v) is 7.76. The van der Waals surface area contributed by atoms with Gasteiger partial charge in [0.1, 0.15) is 11.5 Å². The maximum atomic E-state index is 12.0. The molecule has 0 saturated heterocycles. The average molecular weight is 399 g/mol. The quantitative estimate of drug-likeness (QED) is 0.676. The van der Waals surface area contributed by atoms with E-state index in [1.165, 1.54) is 5.56 Å². The minimum absolute atomic E-state index is 0.0465. The molecule has 0 fully saturated rings. The number of aryl methyl sites for hydroxylation is 1. The number of carbonyl (C=O) groups is 2. The zero-order chi connectivity index (χ0) is 21.4. The van der Waals surface area contributed by atoms with Crippen molar-refractivity contribution in [1.29, 1.82) is 0 Å². The lowest BCUT2D eigenvalue weighted by Crippen LogP contribution is -2.21. The van der Waals surface area contributed by atoms with E-state index in [0.29, 0.717) is 23.6 Å². The molecule has 1 amide bonds. The fourth-order valence-corrected chi connectivity index (χ4v) is 2.73. The molecule has 0 unspecified atom stereocenters. The lowest BCUT2D eigenvalue weighted by atomic mass is 9.87. The lowest BCUT2D eigenvalue weighted by molar-refractivity contribution is -0.147. The number of anilines is 1. The van der Waals surface area contributed by atoms with Gasteiger partial charge in [-0.3, -0.25) is 9.59 Å². The van der Waals surface area contributed by atoms with Gasteiger partial charge < -0.3 is 19.5 Å². The van der Waals surface area contributed by atoms with Crippen molar-refractivity contribution in [3.8, 4) is 11.5 Å². The molecular formula is C23H29NO5. The van der Waals surface area contributed by atoms with Gasteiger partial charge in [0.05, 0.1) is 14.2 Å². The Hall–Kier alpha value is -3.02. The van der Waals surface area contributed by atoms with E-state index >= 15 is 0 Å². The van der Waals surface area contributed by atoms with E-state index in [2.05, 4.69) is 26.1 Å². The van der Waals surface area contributed by atoms with Gasteiger partial charge in [0.25, 0.3) is 5.91 Å². The molecule has 0 aromatic heterocycles. The Morgan fingerprint density at radius 3 is 2.03 bits per heavy atom. The van der Waals surface area contributed by atoms with E-state index < -0.39 is 5.97 Å². The van der Waals surface area contributed by atoms with E-state index in [9.17, 15) is 9.59 Å². The maximum Gasteiger partial charge on any atom is 0.306 e. The summed E-state index contributed by atoms with van der Waals surface area (Å²) in [6, 6.07) is 13.1. The van der Waals surface area contributed by atoms with Crippen LogP contribution in [0.5, 0.6) is 11.5 Å². The summed E-state index contributed by atoms with van der Waals surface area (Å²) in [6.07, 6.45) is 0.617. The number of hydrogen-bond acceptors (Lipinski definition) is 5. The van der Waals surface area contributed by atoms with Crippen LogP contribution < -0.4 is 14.8 Å². The molecule has 2 aromatic carbocycles. The highest BCUT2D eigenvalue weighted by atomic mass is 16.5. The fraction of sp³-hybridized carbons (Fsp3) is 0.391. The SMILES string of the molecule is COc1cc(CCC(=O)OCC(=O)Nc2ccc(C(C)(C)C)cc2)cc(OC)c1. The molecule has 2 aromatic rings. The molecule has 0 spiro atoms. The number of benzene rings is 2. The summed E-state index contributed by atoms with van der Waals surface area (Å²) >= 11 is 0. The van der Waals surface area contributed by atoms with Crippen molar-refractivity contribution in [3.05, 3.63) is 53.6 Å². The van der Waals surface area contributed by atoms with Crippen LogP contribution >= 0.6 is 0 Å². The molecule has 0 saturated carbocycles. The standard InChI is InChI=1S/C23H29NO5/c1-23(2,3)17-7-9-18(10-8-17)24-21(25)15-29-22(26)11-6-16-12-19(27-4)14-20(13-16)28-5/h7-10,12-14H,6,11,15H2,1-5H3,(H,24,25). The Kier molecular flexibility index (Phi) is 7.65. The molecule has 0 atom stereocenters. The first-order valence-electron chi connectivity index (χ1n) is 9.49. The molecule has 0 bridgehead atoms. The van der Waals surface area contributed by atoms with Crippen LogP contribution in [0.4, 0.5) is 5.69 Å². The Morgan fingerprint density at radius 2 is 1.52 bits per heavy atom. The highest BCUT2D eigenvalue weighted by molar-refractivity contribution is 5.92. The summed E-state index contributed by atoms with van der Waals surface area (Å²) in [5, 5.41) is 2.73. The fourth-order valence-electron chi connectivity index (χ4n) is 2.73. The first-order valence-corrected chi connectivity index (χ1v) is 9.49. The number of amides is 1. The number of hydrogen-bond donors (Lipinski definition) is 1. The molecule has 0 aliphatic heterocycles. The van der Waals surface area contributed by atoms with Crippen LogP contribution in [0.2, 0.25) is 0 Å². The Labute approximate surface area is 172 Å². The average Bonchev–Trinajstić information content (AvgIpc) is 2.70. The highest BCUT2D eigenvalue weighted by Gasteiger charge is 2.14. The van der Waals surface area contributed by atoms with E-state index in [4.69, 9.17) is 14.2 Å². The van der Waals surface area contributed by atoms with Crippen molar-refractivity contribution in [2.24, 2.45) is 0 Å². The Bertz CT molecular complexity index is 815. The molecule has 0 aliphatic rings. The van der Waals surface area contributed by atoms with Crippen molar-refractivity contribution >= 4 is 17.6 Å². The van der Waals surface area contributed by atoms with Crippen LogP contribution in [0.25, 0.3) is 0 Å².